The minimum Gasteiger partial charge on any atom is -0.444 e. The summed E-state index contributed by atoms with van der Waals surface area (Å²) in [5.74, 6) is 0. The molecule has 1 aliphatic rings. The maximum atomic E-state index is 12.5. The summed E-state index contributed by atoms with van der Waals surface area (Å²) in [7, 11) is 1.66. The number of carbonyl (C=O) groups excluding carboxylic acids is 1. The zero-order valence-electron chi connectivity index (χ0n) is 17.2. The third-order valence-corrected chi connectivity index (χ3v) is 4.97. The van der Waals surface area contributed by atoms with Crippen molar-refractivity contribution in [3.63, 3.8) is 0 Å². The van der Waals surface area contributed by atoms with Crippen molar-refractivity contribution >= 4 is 17.7 Å². The van der Waals surface area contributed by atoms with Crippen molar-refractivity contribution in [2.75, 3.05) is 33.4 Å². The summed E-state index contributed by atoms with van der Waals surface area (Å²) in [6.07, 6.45) is 1.08. The van der Waals surface area contributed by atoms with E-state index in [0.717, 1.165) is 12.8 Å². The summed E-state index contributed by atoms with van der Waals surface area (Å²) in [4.78, 5) is 14.1. The van der Waals surface area contributed by atoms with Crippen LogP contribution in [0.3, 0.4) is 0 Å². The molecule has 1 aromatic rings. The number of carbonyl (C=O) groups is 1. The van der Waals surface area contributed by atoms with Gasteiger partial charge >= 0.3 is 6.09 Å². The predicted molar refractivity (Wildman–Crippen MR) is 109 cm³/mol. The summed E-state index contributed by atoms with van der Waals surface area (Å²) in [5.41, 5.74) is -1.15. The summed E-state index contributed by atoms with van der Waals surface area (Å²) in [6, 6.07) is 7.18. The van der Waals surface area contributed by atoms with Crippen LogP contribution in [0.5, 0.6) is 0 Å². The van der Waals surface area contributed by atoms with Crippen molar-refractivity contribution in [1.29, 1.82) is 0 Å². The first-order chi connectivity index (χ1) is 13.2. The van der Waals surface area contributed by atoms with E-state index in [2.05, 4.69) is 0 Å². The largest absolute Gasteiger partial charge is 0.444 e. The Morgan fingerprint density at radius 1 is 1.36 bits per heavy atom. The molecule has 7 heteroatoms. The second kappa shape index (κ2) is 9.92. The predicted octanol–water partition coefficient (Wildman–Crippen LogP) is 3.98. The molecule has 1 unspecified atom stereocenters. The Morgan fingerprint density at radius 3 is 2.75 bits per heavy atom. The molecule has 1 heterocycles. The van der Waals surface area contributed by atoms with Crippen LogP contribution < -0.4 is 0 Å². The quantitative estimate of drug-likeness (QED) is 0.685. The van der Waals surface area contributed by atoms with Crippen molar-refractivity contribution in [3.8, 4) is 0 Å². The highest BCUT2D eigenvalue weighted by Gasteiger charge is 2.43. The summed E-state index contributed by atoms with van der Waals surface area (Å²) in [6.45, 7) is 7.15. The number of hydrogen-bond donors (Lipinski definition) is 1. The first kappa shape index (κ1) is 22.9. The van der Waals surface area contributed by atoms with Crippen LogP contribution in [0.4, 0.5) is 4.79 Å². The maximum Gasteiger partial charge on any atom is 0.410 e. The minimum absolute atomic E-state index is 0.252. The number of unbranched alkanes of at least 4 members (excludes halogenated alkanes) is 1. The van der Waals surface area contributed by atoms with Crippen LogP contribution in [-0.2, 0) is 19.8 Å². The van der Waals surface area contributed by atoms with Gasteiger partial charge in [0.15, 0.2) is 0 Å². The molecule has 1 aliphatic heterocycles. The standard InChI is InChI=1S/C21H32ClNO5/c1-20(2,3)28-19(24)23-11-13-27-18(15-23)21(25,10-5-6-12-26-4)16-8-7-9-17(22)14-16/h7-9,14,18,25H,5-6,10-13,15H2,1-4H3/t18?,21-/m0/s1. The van der Waals surface area contributed by atoms with Gasteiger partial charge in [-0.05, 0) is 57.7 Å². The Morgan fingerprint density at radius 2 is 2.11 bits per heavy atom. The first-order valence-corrected chi connectivity index (χ1v) is 10.1. The first-order valence-electron chi connectivity index (χ1n) is 9.72. The fourth-order valence-electron chi connectivity index (χ4n) is 3.32. The van der Waals surface area contributed by atoms with Crippen LogP contribution in [0.15, 0.2) is 24.3 Å². The highest BCUT2D eigenvalue weighted by atomic mass is 35.5. The number of nitrogens with zero attached hydrogens (tertiary/aromatic N) is 1. The molecule has 2 atom stereocenters. The molecule has 1 saturated heterocycles. The second-order valence-corrected chi connectivity index (χ2v) is 8.61. The highest BCUT2D eigenvalue weighted by Crippen LogP contribution is 2.35. The number of rotatable bonds is 7. The van der Waals surface area contributed by atoms with E-state index in [9.17, 15) is 9.90 Å². The molecule has 2 rings (SSSR count). The van der Waals surface area contributed by atoms with Gasteiger partial charge in [0.1, 0.15) is 17.3 Å². The van der Waals surface area contributed by atoms with Crippen LogP contribution in [0, 0.1) is 0 Å². The Kier molecular flexibility index (Phi) is 8.13. The van der Waals surface area contributed by atoms with Gasteiger partial charge in [0, 0.05) is 25.3 Å². The van der Waals surface area contributed by atoms with E-state index in [4.69, 9.17) is 25.8 Å². The summed E-state index contributed by atoms with van der Waals surface area (Å²) < 4.78 is 16.5. The number of ether oxygens (including phenoxy) is 3. The second-order valence-electron chi connectivity index (χ2n) is 8.17. The molecule has 0 saturated carbocycles. The van der Waals surface area contributed by atoms with E-state index in [1.165, 1.54) is 0 Å². The zero-order chi connectivity index (χ0) is 20.8. The van der Waals surface area contributed by atoms with Gasteiger partial charge < -0.3 is 24.2 Å². The van der Waals surface area contributed by atoms with E-state index in [1.807, 2.05) is 32.9 Å². The van der Waals surface area contributed by atoms with Gasteiger partial charge in [-0.3, -0.25) is 0 Å². The molecule has 0 spiro atoms. The minimum atomic E-state index is -1.26. The van der Waals surface area contributed by atoms with Crippen molar-refractivity contribution in [3.05, 3.63) is 34.9 Å². The topological polar surface area (TPSA) is 68.2 Å². The number of morpholine rings is 1. The highest BCUT2D eigenvalue weighted by molar-refractivity contribution is 6.30. The molecule has 6 nitrogen and oxygen atoms in total. The van der Waals surface area contributed by atoms with Crippen molar-refractivity contribution < 1.29 is 24.1 Å². The van der Waals surface area contributed by atoms with Crippen molar-refractivity contribution in [1.82, 2.24) is 4.90 Å². The Labute approximate surface area is 172 Å². The average molecular weight is 414 g/mol. The fourth-order valence-corrected chi connectivity index (χ4v) is 3.51. The van der Waals surface area contributed by atoms with Gasteiger partial charge in [-0.2, -0.15) is 0 Å². The molecule has 1 fully saturated rings. The van der Waals surface area contributed by atoms with E-state index < -0.39 is 23.4 Å². The summed E-state index contributed by atoms with van der Waals surface area (Å²) in [5, 5.41) is 12.2. The normalized spacial score (nSPS) is 19.9. The number of benzene rings is 1. The number of methoxy groups -OCH3 is 1. The molecule has 158 valence electrons. The monoisotopic (exact) mass is 413 g/mol. The molecular formula is C21H32ClNO5. The van der Waals surface area contributed by atoms with Crippen molar-refractivity contribution in [2.45, 2.75) is 57.3 Å². The number of amides is 1. The van der Waals surface area contributed by atoms with Crippen LogP contribution in [-0.4, -0.2) is 61.2 Å². The van der Waals surface area contributed by atoms with Crippen LogP contribution in [0.1, 0.15) is 45.6 Å². The number of halogens is 1. The molecule has 0 radical (unpaired) electrons. The SMILES string of the molecule is COCCCC[C@](O)(c1cccc(Cl)c1)C1CN(C(=O)OC(C)(C)C)CCO1. The molecule has 1 aromatic carbocycles. The lowest BCUT2D eigenvalue weighted by atomic mass is 9.82. The Balaban J connectivity index is 2.20. The third-order valence-electron chi connectivity index (χ3n) is 4.73. The lowest BCUT2D eigenvalue weighted by Gasteiger charge is -2.42. The van der Waals surface area contributed by atoms with Gasteiger partial charge in [0.25, 0.3) is 0 Å². The van der Waals surface area contributed by atoms with E-state index in [1.54, 1.807) is 24.1 Å². The van der Waals surface area contributed by atoms with Crippen LogP contribution in [0.2, 0.25) is 5.02 Å². The van der Waals surface area contributed by atoms with Gasteiger partial charge in [0.05, 0.1) is 13.2 Å². The van der Waals surface area contributed by atoms with Gasteiger partial charge in [0.2, 0.25) is 0 Å². The molecule has 0 aromatic heterocycles. The lowest BCUT2D eigenvalue weighted by molar-refractivity contribution is -0.150. The molecule has 28 heavy (non-hydrogen) atoms. The van der Waals surface area contributed by atoms with Crippen LogP contribution >= 0.6 is 11.6 Å². The van der Waals surface area contributed by atoms with Gasteiger partial charge in [-0.15, -0.1) is 0 Å². The molecule has 1 amide bonds. The molecule has 0 bridgehead atoms. The molecule has 0 aliphatic carbocycles. The molecule has 1 N–H and O–H groups in total. The smallest absolute Gasteiger partial charge is 0.410 e. The number of hydrogen-bond acceptors (Lipinski definition) is 5. The van der Waals surface area contributed by atoms with Crippen molar-refractivity contribution in [2.24, 2.45) is 0 Å². The van der Waals surface area contributed by atoms with Crippen LogP contribution in [0.25, 0.3) is 0 Å². The van der Waals surface area contributed by atoms with E-state index >= 15 is 0 Å². The van der Waals surface area contributed by atoms with E-state index in [0.29, 0.717) is 36.8 Å². The Bertz CT molecular complexity index is 648. The average Bonchev–Trinajstić information content (AvgIpc) is 2.64. The molecular weight excluding hydrogens is 382 g/mol. The van der Waals surface area contributed by atoms with E-state index in [-0.39, 0.29) is 6.54 Å². The zero-order valence-corrected chi connectivity index (χ0v) is 18.0. The summed E-state index contributed by atoms with van der Waals surface area (Å²) >= 11 is 6.17. The third kappa shape index (κ3) is 6.34. The number of aliphatic hydroxyl groups is 1. The fraction of sp³-hybridized carbons (Fsp3) is 0.667. The Hall–Kier alpha value is -1.34. The van der Waals surface area contributed by atoms with Gasteiger partial charge in [-0.25, -0.2) is 4.79 Å². The van der Waals surface area contributed by atoms with Gasteiger partial charge in [-0.1, -0.05) is 23.7 Å². The maximum absolute atomic E-state index is 12.5. The lowest BCUT2D eigenvalue weighted by Crippen LogP contribution is -2.55.